The van der Waals surface area contributed by atoms with Crippen LogP contribution in [0.25, 0.3) is 0 Å². The van der Waals surface area contributed by atoms with Crippen LogP contribution in [0.3, 0.4) is 0 Å². The van der Waals surface area contributed by atoms with Crippen LogP contribution < -0.4 is 5.32 Å². The molecule has 26 heavy (non-hydrogen) atoms. The van der Waals surface area contributed by atoms with Crippen LogP contribution in [0.4, 0.5) is 5.69 Å². The molecule has 1 amide bonds. The lowest BCUT2D eigenvalue weighted by Crippen LogP contribution is -2.17. The summed E-state index contributed by atoms with van der Waals surface area (Å²) in [7, 11) is 0. The molecule has 0 saturated carbocycles. The summed E-state index contributed by atoms with van der Waals surface area (Å²) in [5, 5.41) is 12.3. The maximum Gasteiger partial charge on any atom is 0.234 e. The van der Waals surface area contributed by atoms with E-state index < -0.39 is 0 Å². The van der Waals surface area contributed by atoms with Crippen LogP contribution in [-0.4, -0.2) is 31.2 Å². The normalized spacial score (nSPS) is 10.8. The Morgan fingerprint density at radius 3 is 2.62 bits per heavy atom. The van der Waals surface area contributed by atoms with Gasteiger partial charge in [0.05, 0.1) is 5.75 Å². The van der Waals surface area contributed by atoms with Crippen molar-refractivity contribution in [2.75, 3.05) is 11.1 Å². The average molecular weight is 369 g/mol. The standard InChI is InChI=1S/C19H23N5OS/c1-3-9-17-21-22-19(24(17)23-12-7-8-13-23)26-14-18(25)20-16-11-6-5-10-15(16)4-2/h5-8,10-13H,3-4,9,14H2,1-2H3,(H,20,25). The molecule has 0 bridgehead atoms. The van der Waals surface area contributed by atoms with Crippen LogP contribution in [0, 0.1) is 0 Å². The van der Waals surface area contributed by atoms with Crippen molar-refractivity contribution < 1.29 is 4.79 Å². The quantitative estimate of drug-likeness (QED) is 0.616. The van der Waals surface area contributed by atoms with Crippen molar-refractivity contribution in [2.24, 2.45) is 0 Å². The van der Waals surface area contributed by atoms with E-state index >= 15 is 0 Å². The van der Waals surface area contributed by atoms with Gasteiger partial charge < -0.3 is 5.32 Å². The fourth-order valence-electron chi connectivity index (χ4n) is 2.72. The predicted octanol–water partition coefficient (Wildman–Crippen LogP) is 3.64. The van der Waals surface area contributed by atoms with Crippen molar-refractivity contribution in [2.45, 2.75) is 38.3 Å². The molecule has 6 nitrogen and oxygen atoms in total. The molecule has 2 heterocycles. The Kier molecular flexibility index (Phi) is 6.12. The number of carbonyl (C=O) groups excluding carboxylic acids is 1. The van der Waals surface area contributed by atoms with E-state index in [0.29, 0.717) is 5.16 Å². The number of benzene rings is 1. The summed E-state index contributed by atoms with van der Waals surface area (Å²) in [4.78, 5) is 12.4. The Labute approximate surface area is 157 Å². The van der Waals surface area contributed by atoms with Crippen LogP contribution in [0.2, 0.25) is 0 Å². The van der Waals surface area contributed by atoms with E-state index in [1.165, 1.54) is 11.8 Å². The van der Waals surface area contributed by atoms with Gasteiger partial charge in [0.15, 0.2) is 5.82 Å². The fraction of sp³-hybridized carbons (Fsp3) is 0.316. The number of nitrogens with one attached hydrogen (secondary N) is 1. The first-order chi connectivity index (χ1) is 12.7. The molecule has 0 saturated heterocycles. The predicted molar refractivity (Wildman–Crippen MR) is 104 cm³/mol. The minimum atomic E-state index is -0.0463. The summed E-state index contributed by atoms with van der Waals surface area (Å²) in [5.41, 5.74) is 2.01. The van der Waals surface area contributed by atoms with E-state index in [9.17, 15) is 4.79 Å². The van der Waals surface area contributed by atoms with Gasteiger partial charge in [0.2, 0.25) is 11.1 Å². The minimum absolute atomic E-state index is 0.0463. The Balaban J connectivity index is 1.71. The van der Waals surface area contributed by atoms with Crippen LogP contribution in [0.5, 0.6) is 0 Å². The molecule has 0 radical (unpaired) electrons. The third-order valence-corrected chi connectivity index (χ3v) is 4.89. The van der Waals surface area contributed by atoms with Gasteiger partial charge in [-0.2, -0.15) is 0 Å². The molecule has 0 atom stereocenters. The van der Waals surface area contributed by atoms with Crippen molar-refractivity contribution >= 4 is 23.4 Å². The van der Waals surface area contributed by atoms with Crippen LogP contribution in [0.1, 0.15) is 31.7 Å². The molecule has 136 valence electrons. The lowest BCUT2D eigenvalue weighted by Gasteiger charge is -2.11. The van der Waals surface area contributed by atoms with Gasteiger partial charge in [-0.1, -0.05) is 43.8 Å². The highest BCUT2D eigenvalue weighted by Crippen LogP contribution is 2.20. The highest BCUT2D eigenvalue weighted by molar-refractivity contribution is 7.99. The molecular formula is C19H23N5OS. The number of nitrogens with zero attached hydrogens (tertiary/aromatic N) is 4. The number of aryl methyl sites for hydroxylation is 2. The third kappa shape index (κ3) is 4.16. The van der Waals surface area contributed by atoms with Gasteiger partial charge in [0.25, 0.3) is 0 Å². The Morgan fingerprint density at radius 2 is 1.88 bits per heavy atom. The lowest BCUT2D eigenvalue weighted by atomic mass is 10.1. The Morgan fingerprint density at radius 1 is 1.12 bits per heavy atom. The van der Waals surface area contributed by atoms with Gasteiger partial charge >= 0.3 is 0 Å². The van der Waals surface area contributed by atoms with E-state index in [1.54, 1.807) is 0 Å². The molecule has 0 aliphatic rings. The summed E-state index contributed by atoms with van der Waals surface area (Å²) >= 11 is 1.39. The van der Waals surface area contributed by atoms with Gasteiger partial charge in [0.1, 0.15) is 0 Å². The maximum absolute atomic E-state index is 12.4. The van der Waals surface area contributed by atoms with E-state index in [4.69, 9.17) is 0 Å². The summed E-state index contributed by atoms with van der Waals surface area (Å²) in [5.74, 6) is 1.13. The first-order valence-corrected chi connectivity index (χ1v) is 9.80. The molecule has 3 aromatic rings. The first-order valence-electron chi connectivity index (χ1n) is 8.81. The number of hydrogen-bond donors (Lipinski definition) is 1. The highest BCUT2D eigenvalue weighted by atomic mass is 32.2. The smallest absolute Gasteiger partial charge is 0.234 e. The topological polar surface area (TPSA) is 64.7 Å². The number of hydrogen-bond acceptors (Lipinski definition) is 4. The number of anilines is 1. The van der Waals surface area contributed by atoms with E-state index in [2.05, 4.69) is 29.4 Å². The van der Waals surface area contributed by atoms with Gasteiger partial charge in [-0.25, -0.2) is 4.68 Å². The summed E-state index contributed by atoms with van der Waals surface area (Å²) < 4.78 is 3.90. The molecule has 1 N–H and O–H groups in total. The van der Waals surface area contributed by atoms with Gasteiger partial charge in [-0.05, 0) is 36.6 Å². The summed E-state index contributed by atoms with van der Waals surface area (Å²) in [6.07, 6.45) is 6.60. The summed E-state index contributed by atoms with van der Waals surface area (Å²) in [6.45, 7) is 4.19. The SMILES string of the molecule is CCCc1nnc(SCC(=O)Nc2ccccc2CC)n1-n1cccc1. The van der Waals surface area contributed by atoms with Gasteiger partial charge in [0, 0.05) is 24.5 Å². The number of carbonyl (C=O) groups is 1. The van der Waals surface area contributed by atoms with Crippen molar-refractivity contribution in [1.82, 2.24) is 19.5 Å². The molecular weight excluding hydrogens is 346 g/mol. The average Bonchev–Trinajstić information content (AvgIpc) is 3.30. The molecule has 0 unspecified atom stereocenters. The largest absolute Gasteiger partial charge is 0.325 e. The van der Waals surface area contributed by atoms with E-state index in [1.807, 2.05) is 58.1 Å². The number of aromatic nitrogens is 4. The zero-order valence-corrected chi connectivity index (χ0v) is 15.9. The zero-order chi connectivity index (χ0) is 18.4. The second-order valence-electron chi connectivity index (χ2n) is 5.87. The minimum Gasteiger partial charge on any atom is -0.325 e. The second kappa shape index (κ2) is 8.71. The van der Waals surface area contributed by atoms with Crippen LogP contribution in [-0.2, 0) is 17.6 Å². The van der Waals surface area contributed by atoms with Crippen LogP contribution >= 0.6 is 11.8 Å². The third-order valence-electron chi connectivity index (χ3n) is 3.97. The van der Waals surface area contributed by atoms with Gasteiger partial charge in [-0.3, -0.25) is 9.47 Å². The number of para-hydroxylation sites is 1. The Hall–Kier alpha value is -2.54. The highest BCUT2D eigenvalue weighted by Gasteiger charge is 2.15. The second-order valence-corrected chi connectivity index (χ2v) is 6.81. The van der Waals surface area contributed by atoms with Gasteiger partial charge in [-0.15, -0.1) is 10.2 Å². The molecule has 7 heteroatoms. The van der Waals surface area contributed by atoms with Crippen molar-refractivity contribution in [3.05, 3.63) is 60.2 Å². The maximum atomic E-state index is 12.4. The van der Waals surface area contributed by atoms with Crippen LogP contribution in [0.15, 0.2) is 53.9 Å². The molecule has 3 rings (SSSR count). The molecule has 0 aliphatic carbocycles. The summed E-state index contributed by atoms with van der Waals surface area (Å²) in [6, 6.07) is 11.8. The first kappa shape index (κ1) is 18.3. The monoisotopic (exact) mass is 369 g/mol. The zero-order valence-electron chi connectivity index (χ0n) is 15.1. The molecule has 0 fully saturated rings. The molecule has 1 aromatic carbocycles. The molecule has 2 aromatic heterocycles. The fourth-order valence-corrected chi connectivity index (χ4v) is 3.48. The van der Waals surface area contributed by atoms with Crippen molar-refractivity contribution in [1.29, 1.82) is 0 Å². The molecule has 0 aliphatic heterocycles. The lowest BCUT2D eigenvalue weighted by molar-refractivity contribution is -0.113. The Bertz CT molecular complexity index is 857. The van der Waals surface area contributed by atoms with E-state index in [-0.39, 0.29) is 11.7 Å². The number of amides is 1. The molecule has 0 spiro atoms. The van der Waals surface area contributed by atoms with E-state index in [0.717, 1.165) is 36.3 Å². The van der Waals surface area contributed by atoms with Crippen molar-refractivity contribution in [3.8, 4) is 0 Å². The van der Waals surface area contributed by atoms with Crippen molar-refractivity contribution in [3.63, 3.8) is 0 Å². The number of thioether (sulfide) groups is 1. The number of rotatable bonds is 8.